The van der Waals surface area contributed by atoms with Crippen molar-refractivity contribution in [2.45, 2.75) is 43.7 Å². The molecule has 2 aromatic carbocycles. The second-order valence-corrected chi connectivity index (χ2v) is 10.8. The second kappa shape index (κ2) is 8.65. The number of sulfonamides is 1. The Labute approximate surface area is 183 Å². The number of aryl methyl sites for hydroxylation is 1. The maximum absolute atomic E-state index is 13.0. The van der Waals surface area contributed by atoms with E-state index in [2.05, 4.69) is 19.1 Å². The van der Waals surface area contributed by atoms with Gasteiger partial charge in [-0.15, -0.1) is 11.8 Å². The summed E-state index contributed by atoms with van der Waals surface area (Å²) in [4.78, 5) is 10.4. The monoisotopic (exact) mass is 441 g/mol. The Kier molecular flexibility index (Phi) is 6.14. The Morgan fingerprint density at radius 3 is 2.30 bits per heavy atom. The van der Waals surface area contributed by atoms with Gasteiger partial charge >= 0.3 is 0 Å². The van der Waals surface area contributed by atoms with Gasteiger partial charge in [0.05, 0.1) is 10.6 Å². The van der Waals surface area contributed by atoms with Crippen molar-refractivity contribution in [3.8, 4) is 0 Å². The van der Waals surface area contributed by atoms with E-state index < -0.39 is 15.7 Å². The number of thioether (sulfide) groups is 1. The SMILES string of the molecule is CCCSC1=NC2(CCN(S(=O)(=O)c3ccc(C)cc3)CC2)N=C1c1ccccc1. The van der Waals surface area contributed by atoms with Crippen LogP contribution >= 0.6 is 11.8 Å². The van der Waals surface area contributed by atoms with Crippen LogP contribution in [-0.2, 0) is 10.0 Å². The number of aliphatic imine (C=N–C) groups is 2. The largest absolute Gasteiger partial charge is 0.252 e. The van der Waals surface area contributed by atoms with Gasteiger partial charge in [0.2, 0.25) is 10.0 Å². The molecule has 0 saturated carbocycles. The summed E-state index contributed by atoms with van der Waals surface area (Å²) in [6, 6.07) is 17.2. The maximum atomic E-state index is 13.0. The zero-order chi connectivity index (χ0) is 21.2. The molecule has 0 bridgehead atoms. The standard InChI is InChI=1S/C23H27N3O2S2/c1-3-17-29-22-21(19-7-5-4-6-8-19)24-23(25-22)13-15-26(16-14-23)30(27,28)20-11-9-18(2)10-12-20/h4-12H,3,13-17H2,1-2H3. The second-order valence-electron chi connectivity index (χ2n) is 7.79. The molecular formula is C23H27N3O2S2. The molecule has 30 heavy (non-hydrogen) atoms. The van der Waals surface area contributed by atoms with E-state index in [0.717, 1.165) is 34.1 Å². The highest BCUT2D eigenvalue weighted by atomic mass is 32.2. The summed E-state index contributed by atoms with van der Waals surface area (Å²) in [7, 11) is -3.49. The van der Waals surface area contributed by atoms with E-state index >= 15 is 0 Å². The Bertz CT molecular complexity index is 1050. The molecule has 0 atom stereocenters. The third kappa shape index (κ3) is 4.24. The van der Waals surface area contributed by atoms with E-state index in [0.29, 0.717) is 30.8 Å². The van der Waals surface area contributed by atoms with Crippen molar-refractivity contribution in [1.29, 1.82) is 0 Å². The molecule has 2 aromatic rings. The molecule has 2 heterocycles. The summed E-state index contributed by atoms with van der Waals surface area (Å²) in [5.74, 6) is 0.995. The van der Waals surface area contributed by atoms with Crippen LogP contribution in [0.25, 0.3) is 0 Å². The first kappa shape index (κ1) is 21.3. The van der Waals surface area contributed by atoms with Crippen molar-refractivity contribution in [2.75, 3.05) is 18.8 Å². The quantitative estimate of drug-likeness (QED) is 0.685. The summed E-state index contributed by atoms with van der Waals surface area (Å²) >= 11 is 1.75. The van der Waals surface area contributed by atoms with Crippen LogP contribution in [0.4, 0.5) is 0 Å². The van der Waals surface area contributed by atoms with Crippen LogP contribution in [0.5, 0.6) is 0 Å². The van der Waals surface area contributed by atoms with Gasteiger partial charge in [0.25, 0.3) is 0 Å². The molecule has 2 aliphatic heterocycles. The molecule has 0 unspecified atom stereocenters. The van der Waals surface area contributed by atoms with Crippen molar-refractivity contribution >= 4 is 32.5 Å². The molecule has 7 heteroatoms. The average molecular weight is 442 g/mol. The zero-order valence-corrected chi connectivity index (χ0v) is 19.0. The highest BCUT2D eigenvalue weighted by molar-refractivity contribution is 8.15. The van der Waals surface area contributed by atoms with Gasteiger partial charge in [-0.2, -0.15) is 4.31 Å². The van der Waals surface area contributed by atoms with Gasteiger partial charge in [0.15, 0.2) is 5.66 Å². The van der Waals surface area contributed by atoms with E-state index in [1.54, 1.807) is 28.2 Å². The van der Waals surface area contributed by atoms with Crippen molar-refractivity contribution in [3.05, 3.63) is 65.7 Å². The van der Waals surface area contributed by atoms with Crippen LogP contribution in [0.1, 0.15) is 37.3 Å². The molecule has 0 aliphatic carbocycles. The van der Waals surface area contributed by atoms with Crippen LogP contribution in [0.3, 0.4) is 0 Å². The third-order valence-corrected chi connectivity index (χ3v) is 8.59. The normalized spacial score (nSPS) is 19.0. The lowest BCUT2D eigenvalue weighted by atomic mass is 10.00. The van der Waals surface area contributed by atoms with E-state index in [-0.39, 0.29) is 0 Å². The van der Waals surface area contributed by atoms with E-state index in [4.69, 9.17) is 9.98 Å². The molecule has 0 N–H and O–H groups in total. The van der Waals surface area contributed by atoms with Crippen LogP contribution in [0.15, 0.2) is 69.5 Å². The summed E-state index contributed by atoms with van der Waals surface area (Å²) in [5, 5.41) is 0.984. The fourth-order valence-corrected chi connectivity index (χ4v) is 6.15. The third-order valence-electron chi connectivity index (χ3n) is 5.50. The molecule has 1 saturated heterocycles. The molecule has 1 spiro atoms. The van der Waals surface area contributed by atoms with Gasteiger partial charge in [-0.1, -0.05) is 55.0 Å². The molecule has 158 valence electrons. The summed E-state index contributed by atoms with van der Waals surface area (Å²) in [6.45, 7) is 4.97. The number of rotatable bonds is 5. The predicted molar refractivity (Wildman–Crippen MR) is 125 cm³/mol. The number of nitrogens with zero attached hydrogens (tertiary/aromatic N) is 3. The first-order chi connectivity index (χ1) is 14.4. The van der Waals surface area contributed by atoms with Crippen molar-refractivity contribution in [1.82, 2.24) is 4.31 Å². The molecule has 2 aliphatic rings. The highest BCUT2D eigenvalue weighted by Crippen LogP contribution is 2.37. The minimum atomic E-state index is -3.49. The molecule has 0 amide bonds. The topological polar surface area (TPSA) is 62.1 Å². The predicted octanol–water partition coefficient (Wildman–Crippen LogP) is 4.52. The van der Waals surface area contributed by atoms with E-state index in [1.807, 2.05) is 37.3 Å². The molecular weight excluding hydrogens is 414 g/mol. The summed E-state index contributed by atoms with van der Waals surface area (Å²) in [6.07, 6.45) is 2.27. The van der Waals surface area contributed by atoms with Crippen LogP contribution in [0.2, 0.25) is 0 Å². The summed E-state index contributed by atoms with van der Waals surface area (Å²) < 4.78 is 27.7. The summed E-state index contributed by atoms with van der Waals surface area (Å²) in [5.41, 5.74) is 2.53. The molecule has 1 fully saturated rings. The zero-order valence-electron chi connectivity index (χ0n) is 17.4. The average Bonchev–Trinajstić information content (AvgIpc) is 3.11. The first-order valence-electron chi connectivity index (χ1n) is 10.4. The lowest BCUT2D eigenvalue weighted by molar-refractivity contribution is 0.249. The van der Waals surface area contributed by atoms with Crippen LogP contribution in [0, 0.1) is 6.92 Å². The van der Waals surface area contributed by atoms with Gasteiger partial charge in [-0.05, 0) is 31.2 Å². The molecule has 0 radical (unpaired) electrons. The highest BCUT2D eigenvalue weighted by Gasteiger charge is 2.42. The Balaban J connectivity index is 1.56. The minimum absolute atomic E-state index is 0.353. The van der Waals surface area contributed by atoms with Crippen molar-refractivity contribution < 1.29 is 8.42 Å². The van der Waals surface area contributed by atoms with Gasteiger partial charge in [0.1, 0.15) is 5.04 Å². The molecule has 4 rings (SSSR count). The van der Waals surface area contributed by atoms with Gasteiger partial charge in [0, 0.05) is 31.5 Å². The maximum Gasteiger partial charge on any atom is 0.243 e. The molecule has 5 nitrogen and oxygen atoms in total. The Hall–Kier alpha value is -1.96. The Morgan fingerprint density at radius 2 is 1.67 bits per heavy atom. The fraction of sp³-hybridized carbons (Fsp3) is 0.391. The van der Waals surface area contributed by atoms with Crippen molar-refractivity contribution in [3.63, 3.8) is 0 Å². The van der Waals surface area contributed by atoms with Gasteiger partial charge < -0.3 is 0 Å². The number of hydrogen-bond donors (Lipinski definition) is 0. The van der Waals surface area contributed by atoms with Gasteiger partial charge in [-0.25, -0.2) is 13.4 Å². The molecule has 0 aromatic heterocycles. The van der Waals surface area contributed by atoms with Gasteiger partial charge in [-0.3, -0.25) is 4.99 Å². The number of piperidine rings is 1. The van der Waals surface area contributed by atoms with Crippen LogP contribution in [-0.4, -0.2) is 48.0 Å². The number of benzene rings is 2. The van der Waals surface area contributed by atoms with Crippen molar-refractivity contribution in [2.24, 2.45) is 9.98 Å². The smallest absolute Gasteiger partial charge is 0.243 e. The van der Waals surface area contributed by atoms with E-state index in [9.17, 15) is 8.42 Å². The number of hydrogen-bond acceptors (Lipinski definition) is 5. The van der Waals surface area contributed by atoms with Crippen LogP contribution < -0.4 is 0 Å². The minimum Gasteiger partial charge on any atom is -0.252 e. The fourth-order valence-electron chi connectivity index (χ4n) is 3.77. The lowest BCUT2D eigenvalue weighted by Crippen LogP contribution is -2.44. The first-order valence-corrected chi connectivity index (χ1v) is 12.8. The lowest BCUT2D eigenvalue weighted by Gasteiger charge is -2.34. The Morgan fingerprint density at radius 1 is 1.00 bits per heavy atom. The van der Waals surface area contributed by atoms with E-state index in [1.165, 1.54) is 0 Å².